The average Bonchev–Trinajstić information content (AvgIpc) is 2.86. The Balaban J connectivity index is 1.49. The van der Waals surface area contributed by atoms with Crippen molar-refractivity contribution in [1.29, 1.82) is 0 Å². The number of benzene rings is 3. The Morgan fingerprint density at radius 1 is 0.727 bits per heavy atom. The molecular formula is C26H29NO6. The number of hydrogen-bond donors (Lipinski definition) is 1. The Labute approximate surface area is 194 Å². The van der Waals surface area contributed by atoms with Crippen molar-refractivity contribution in [2.24, 2.45) is 0 Å². The molecule has 0 spiro atoms. The second-order valence-corrected chi connectivity index (χ2v) is 6.86. The zero-order chi connectivity index (χ0) is 23.3. The van der Waals surface area contributed by atoms with E-state index in [2.05, 4.69) is 5.32 Å². The summed E-state index contributed by atoms with van der Waals surface area (Å²) < 4.78 is 28.0. The topological polar surface area (TPSA) is 75.3 Å². The van der Waals surface area contributed by atoms with E-state index in [-0.39, 0.29) is 5.91 Å². The van der Waals surface area contributed by atoms with Crippen LogP contribution in [0.15, 0.2) is 72.8 Å². The molecule has 0 aliphatic carbocycles. The lowest BCUT2D eigenvalue weighted by molar-refractivity contribution is 0.0946. The molecule has 0 aliphatic rings. The molecule has 0 fully saturated rings. The minimum atomic E-state index is -0.224. The molecule has 0 atom stereocenters. The smallest absolute Gasteiger partial charge is 0.251 e. The van der Waals surface area contributed by atoms with Crippen molar-refractivity contribution in [2.45, 2.75) is 6.92 Å². The molecule has 0 saturated heterocycles. The third-order valence-corrected chi connectivity index (χ3v) is 4.57. The van der Waals surface area contributed by atoms with E-state index in [1.54, 1.807) is 25.3 Å². The van der Waals surface area contributed by atoms with Gasteiger partial charge in [-0.25, -0.2) is 0 Å². The van der Waals surface area contributed by atoms with Gasteiger partial charge in [0.25, 0.3) is 5.91 Å². The van der Waals surface area contributed by atoms with Crippen LogP contribution in [0.4, 0.5) is 0 Å². The van der Waals surface area contributed by atoms with Crippen molar-refractivity contribution in [2.75, 3.05) is 40.1 Å². The third-order valence-electron chi connectivity index (χ3n) is 4.57. The predicted molar refractivity (Wildman–Crippen MR) is 126 cm³/mol. The molecule has 0 aliphatic heterocycles. The van der Waals surface area contributed by atoms with Crippen molar-refractivity contribution >= 4 is 5.91 Å². The van der Waals surface area contributed by atoms with Crippen LogP contribution in [0.3, 0.4) is 0 Å². The summed E-state index contributed by atoms with van der Waals surface area (Å²) in [5, 5.41) is 2.84. The van der Waals surface area contributed by atoms with E-state index in [0.717, 1.165) is 5.75 Å². The Morgan fingerprint density at radius 2 is 1.39 bits per heavy atom. The van der Waals surface area contributed by atoms with Gasteiger partial charge < -0.3 is 29.0 Å². The normalized spacial score (nSPS) is 10.2. The fourth-order valence-corrected chi connectivity index (χ4v) is 3.03. The lowest BCUT2D eigenvalue weighted by atomic mass is 10.2. The molecule has 174 valence electrons. The van der Waals surface area contributed by atoms with Crippen LogP contribution in [0.2, 0.25) is 0 Å². The average molecular weight is 452 g/mol. The Bertz CT molecular complexity index is 1010. The largest absolute Gasteiger partial charge is 0.493 e. The van der Waals surface area contributed by atoms with Gasteiger partial charge in [0.2, 0.25) is 0 Å². The molecule has 0 aromatic heterocycles. The molecule has 3 aromatic rings. The molecule has 0 saturated carbocycles. The Hall–Kier alpha value is -3.87. The molecule has 3 aromatic carbocycles. The highest BCUT2D eigenvalue weighted by Gasteiger charge is 2.12. The quantitative estimate of drug-likeness (QED) is 0.389. The molecular weight excluding hydrogens is 422 g/mol. The zero-order valence-electron chi connectivity index (χ0n) is 18.9. The van der Waals surface area contributed by atoms with Crippen LogP contribution in [-0.2, 0) is 0 Å². The van der Waals surface area contributed by atoms with Crippen LogP contribution in [0.25, 0.3) is 0 Å². The van der Waals surface area contributed by atoms with Crippen molar-refractivity contribution < 1.29 is 28.5 Å². The first-order valence-corrected chi connectivity index (χ1v) is 10.8. The molecule has 1 N–H and O–H groups in total. The summed E-state index contributed by atoms with van der Waals surface area (Å²) in [6.45, 7) is 3.73. The molecule has 33 heavy (non-hydrogen) atoms. The van der Waals surface area contributed by atoms with E-state index in [0.29, 0.717) is 61.5 Å². The summed E-state index contributed by atoms with van der Waals surface area (Å²) in [7, 11) is 1.59. The highest BCUT2D eigenvalue weighted by Crippen LogP contribution is 2.29. The van der Waals surface area contributed by atoms with Crippen molar-refractivity contribution in [3.05, 3.63) is 78.4 Å². The molecule has 0 heterocycles. The molecule has 3 rings (SSSR count). The van der Waals surface area contributed by atoms with Crippen LogP contribution >= 0.6 is 0 Å². The van der Waals surface area contributed by atoms with Gasteiger partial charge in [-0.2, -0.15) is 0 Å². The number of nitrogens with one attached hydrogen (secondary N) is 1. The van der Waals surface area contributed by atoms with E-state index >= 15 is 0 Å². The van der Waals surface area contributed by atoms with Gasteiger partial charge in [-0.05, 0) is 49.4 Å². The maximum Gasteiger partial charge on any atom is 0.251 e. The van der Waals surface area contributed by atoms with Gasteiger partial charge in [0.15, 0.2) is 23.0 Å². The fraction of sp³-hybridized carbons (Fsp3) is 0.269. The van der Waals surface area contributed by atoms with E-state index < -0.39 is 0 Å². The Kier molecular flexibility index (Phi) is 9.27. The highest BCUT2D eigenvalue weighted by molar-refractivity contribution is 5.94. The Morgan fingerprint density at radius 3 is 2.15 bits per heavy atom. The van der Waals surface area contributed by atoms with Gasteiger partial charge in [0, 0.05) is 5.56 Å². The van der Waals surface area contributed by atoms with E-state index in [9.17, 15) is 4.79 Å². The van der Waals surface area contributed by atoms with Crippen LogP contribution < -0.4 is 29.0 Å². The fourth-order valence-electron chi connectivity index (χ4n) is 3.03. The number of methoxy groups -OCH3 is 1. The lowest BCUT2D eigenvalue weighted by Crippen LogP contribution is -2.28. The monoisotopic (exact) mass is 451 g/mol. The molecule has 0 radical (unpaired) electrons. The molecule has 7 nitrogen and oxygen atoms in total. The summed E-state index contributed by atoms with van der Waals surface area (Å²) >= 11 is 0. The maximum absolute atomic E-state index is 12.6. The second-order valence-electron chi connectivity index (χ2n) is 6.86. The predicted octanol–water partition coefficient (Wildman–Crippen LogP) is 4.36. The summed E-state index contributed by atoms with van der Waals surface area (Å²) in [6, 6.07) is 22.0. The maximum atomic E-state index is 12.6. The summed E-state index contributed by atoms with van der Waals surface area (Å²) in [5.41, 5.74) is 0.476. The molecule has 1 amide bonds. The molecule has 0 unspecified atom stereocenters. The van der Waals surface area contributed by atoms with Gasteiger partial charge >= 0.3 is 0 Å². The standard InChI is InChI=1S/C26H29NO6/c1-3-30-25-19-20(13-14-24(25)33-18-17-31-21-9-5-4-6-10-21)26(28)27-15-16-32-23-12-8-7-11-22(23)29-2/h4-14,19H,3,15-18H2,1-2H3,(H,27,28). The van der Waals surface area contributed by atoms with Crippen molar-refractivity contribution in [1.82, 2.24) is 5.32 Å². The number of rotatable bonds is 13. The lowest BCUT2D eigenvalue weighted by Gasteiger charge is -2.14. The van der Waals surface area contributed by atoms with Crippen LogP contribution in [-0.4, -0.2) is 46.0 Å². The minimum Gasteiger partial charge on any atom is -0.493 e. The second kappa shape index (κ2) is 12.9. The minimum absolute atomic E-state index is 0.224. The SMILES string of the molecule is CCOc1cc(C(=O)NCCOc2ccccc2OC)ccc1OCCOc1ccccc1. The van der Waals surface area contributed by atoms with Crippen molar-refractivity contribution in [3.63, 3.8) is 0 Å². The number of hydrogen-bond acceptors (Lipinski definition) is 6. The number of amides is 1. The summed E-state index contributed by atoms with van der Waals surface area (Å²) in [4.78, 5) is 12.6. The van der Waals surface area contributed by atoms with Crippen LogP contribution in [0.5, 0.6) is 28.7 Å². The number of carbonyl (C=O) groups excluding carboxylic acids is 1. The molecule has 7 heteroatoms. The van der Waals surface area contributed by atoms with Gasteiger partial charge in [-0.1, -0.05) is 30.3 Å². The first-order valence-electron chi connectivity index (χ1n) is 10.8. The highest BCUT2D eigenvalue weighted by atomic mass is 16.5. The third kappa shape index (κ3) is 7.35. The van der Waals surface area contributed by atoms with Gasteiger partial charge in [-0.3, -0.25) is 4.79 Å². The summed E-state index contributed by atoms with van der Waals surface area (Å²) in [5.74, 6) is 2.91. The first-order chi connectivity index (χ1) is 16.2. The summed E-state index contributed by atoms with van der Waals surface area (Å²) in [6.07, 6.45) is 0. The van der Waals surface area contributed by atoms with E-state index in [1.807, 2.05) is 61.5 Å². The van der Waals surface area contributed by atoms with Crippen LogP contribution in [0, 0.1) is 0 Å². The number of para-hydroxylation sites is 3. The van der Waals surface area contributed by atoms with E-state index in [4.69, 9.17) is 23.7 Å². The number of ether oxygens (including phenoxy) is 5. The van der Waals surface area contributed by atoms with Gasteiger partial charge in [0.05, 0.1) is 20.3 Å². The molecule has 0 bridgehead atoms. The number of carbonyl (C=O) groups is 1. The van der Waals surface area contributed by atoms with E-state index in [1.165, 1.54) is 0 Å². The van der Waals surface area contributed by atoms with Crippen LogP contribution in [0.1, 0.15) is 17.3 Å². The van der Waals surface area contributed by atoms with Gasteiger partial charge in [-0.15, -0.1) is 0 Å². The van der Waals surface area contributed by atoms with Crippen molar-refractivity contribution in [3.8, 4) is 28.7 Å². The zero-order valence-corrected chi connectivity index (χ0v) is 18.9. The first kappa shape index (κ1) is 23.8. The van der Waals surface area contributed by atoms with Gasteiger partial charge in [0.1, 0.15) is 25.6 Å².